The summed E-state index contributed by atoms with van der Waals surface area (Å²) in [6, 6.07) is 9.26. The van der Waals surface area contributed by atoms with Gasteiger partial charge in [-0.3, -0.25) is 4.79 Å². The molecule has 0 aliphatic heterocycles. The van der Waals surface area contributed by atoms with Gasteiger partial charge in [-0.05, 0) is 30.3 Å². The quantitative estimate of drug-likeness (QED) is 0.767. The Hall–Kier alpha value is -2.44. The van der Waals surface area contributed by atoms with Crippen LogP contribution >= 0.6 is 23.2 Å². The number of nitrogens with one attached hydrogen (secondary N) is 1. The second-order valence-electron chi connectivity index (χ2n) is 4.81. The molecule has 0 atom stereocenters. The molecule has 0 aliphatic rings. The minimum atomic E-state index is -0.702. The van der Waals surface area contributed by atoms with Gasteiger partial charge in [-0.15, -0.1) is 0 Å². The maximum absolute atomic E-state index is 12.1. The average Bonchev–Trinajstić information content (AvgIpc) is 2.62. The Morgan fingerprint density at radius 1 is 1.04 bits per heavy atom. The van der Waals surface area contributed by atoms with Crippen LogP contribution in [0.15, 0.2) is 36.4 Å². The van der Waals surface area contributed by atoms with Gasteiger partial charge in [-0.25, -0.2) is 4.79 Å². The maximum Gasteiger partial charge on any atom is 0.342 e. The van der Waals surface area contributed by atoms with E-state index in [4.69, 9.17) is 37.4 Å². The zero-order chi connectivity index (χ0) is 18.4. The molecule has 0 saturated heterocycles. The van der Waals surface area contributed by atoms with Crippen LogP contribution in [0.4, 0.5) is 5.69 Å². The number of ether oxygens (including phenoxy) is 3. The minimum Gasteiger partial charge on any atom is -0.497 e. The summed E-state index contributed by atoms with van der Waals surface area (Å²) >= 11 is 11.8. The predicted molar refractivity (Wildman–Crippen MR) is 94.9 cm³/mol. The van der Waals surface area contributed by atoms with Crippen molar-refractivity contribution < 1.29 is 23.8 Å². The third-order valence-corrected chi connectivity index (χ3v) is 3.73. The van der Waals surface area contributed by atoms with E-state index >= 15 is 0 Å². The highest BCUT2D eigenvalue weighted by molar-refractivity contribution is 6.35. The third-order valence-electron chi connectivity index (χ3n) is 3.17. The molecule has 2 aromatic carbocycles. The smallest absolute Gasteiger partial charge is 0.342 e. The van der Waals surface area contributed by atoms with Crippen molar-refractivity contribution in [3.63, 3.8) is 0 Å². The molecule has 25 heavy (non-hydrogen) atoms. The number of carbonyl (C=O) groups is 2. The fourth-order valence-corrected chi connectivity index (χ4v) is 2.29. The Morgan fingerprint density at radius 3 is 2.48 bits per heavy atom. The highest BCUT2D eigenvalue weighted by atomic mass is 35.5. The summed E-state index contributed by atoms with van der Waals surface area (Å²) < 4.78 is 15.2. The van der Waals surface area contributed by atoms with E-state index in [9.17, 15) is 9.59 Å². The molecular weight excluding hydrogens is 369 g/mol. The molecule has 1 amide bonds. The first kappa shape index (κ1) is 18.9. The van der Waals surface area contributed by atoms with Crippen molar-refractivity contribution >= 4 is 40.8 Å². The zero-order valence-electron chi connectivity index (χ0n) is 13.5. The molecule has 0 unspecified atom stereocenters. The van der Waals surface area contributed by atoms with Crippen LogP contribution in [-0.2, 0) is 9.53 Å². The molecule has 0 heterocycles. The van der Waals surface area contributed by atoms with Crippen molar-refractivity contribution in [2.75, 3.05) is 26.1 Å². The first-order chi connectivity index (χ1) is 11.9. The summed E-state index contributed by atoms with van der Waals surface area (Å²) in [5.74, 6) is -0.443. The van der Waals surface area contributed by atoms with Gasteiger partial charge in [0.15, 0.2) is 6.61 Å². The Balaban J connectivity index is 2.00. The lowest BCUT2D eigenvalue weighted by molar-refractivity contribution is -0.119. The van der Waals surface area contributed by atoms with Crippen molar-refractivity contribution in [1.82, 2.24) is 0 Å². The lowest BCUT2D eigenvalue weighted by atomic mass is 10.2. The van der Waals surface area contributed by atoms with Crippen LogP contribution in [0.25, 0.3) is 0 Å². The van der Waals surface area contributed by atoms with Gasteiger partial charge in [0.2, 0.25) is 0 Å². The molecule has 132 valence electrons. The predicted octanol–water partition coefficient (Wildman–Crippen LogP) is 3.81. The van der Waals surface area contributed by atoms with E-state index < -0.39 is 18.5 Å². The largest absolute Gasteiger partial charge is 0.497 e. The van der Waals surface area contributed by atoms with E-state index in [2.05, 4.69) is 5.32 Å². The molecule has 8 heteroatoms. The van der Waals surface area contributed by atoms with Crippen molar-refractivity contribution in [1.29, 1.82) is 0 Å². The summed E-state index contributed by atoms with van der Waals surface area (Å²) in [6.07, 6.45) is 0. The van der Waals surface area contributed by atoms with Crippen molar-refractivity contribution in [3.05, 3.63) is 52.0 Å². The van der Waals surface area contributed by atoms with Crippen molar-refractivity contribution in [2.24, 2.45) is 0 Å². The Morgan fingerprint density at radius 2 is 1.80 bits per heavy atom. The normalized spacial score (nSPS) is 10.1. The van der Waals surface area contributed by atoms with E-state index in [0.717, 1.165) is 0 Å². The second kappa shape index (κ2) is 8.60. The van der Waals surface area contributed by atoms with E-state index in [1.165, 1.54) is 26.4 Å². The number of hydrogen-bond acceptors (Lipinski definition) is 5. The number of anilines is 1. The lowest BCUT2D eigenvalue weighted by Gasteiger charge is -2.11. The number of benzene rings is 2. The fourth-order valence-electron chi connectivity index (χ4n) is 1.96. The van der Waals surface area contributed by atoms with Crippen LogP contribution in [0.3, 0.4) is 0 Å². The number of amides is 1. The van der Waals surface area contributed by atoms with Crippen molar-refractivity contribution in [3.8, 4) is 11.5 Å². The second-order valence-corrected chi connectivity index (χ2v) is 5.66. The minimum absolute atomic E-state index is 0.178. The molecule has 0 aromatic heterocycles. The summed E-state index contributed by atoms with van der Waals surface area (Å²) in [5, 5.41) is 3.26. The molecule has 2 rings (SSSR count). The molecule has 0 bridgehead atoms. The first-order valence-corrected chi connectivity index (χ1v) is 7.84. The molecule has 0 spiro atoms. The van der Waals surface area contributed by atoms with Gasteiger partial charge in [0.25, 0.3) is 5.91 Å². The Kier molecular flexibility index (Phi) is 6.50. The maximum atomic E-state index is 12.1. The summed E-state index contributed by atoms with van der Waals surface area (Å²) in [4.78, 5) is 24.1. The lowest BCUT2D eigenvalue weighted by Crippen LogP contribution is -2.21. The number of esters is 1. The number of hydrogen-bond donors (Lipinski definition) is 1. The van der Waals surface area contributed by atoms with E-state index in [0.29, 0.717) is 21.5 Å². The topological polar surface area (TPSA) is 73.9 Å². The van der Waals surface area contributed by atoms with Gasteiger partial charge in [0.1, 0.15) is 17.1 Å². The monoisotopic (exact) mass is 383 g/mol. The summed E-state index contributed by atoms with van der Waals surface area (Å²) in [7, 11) is 2.91. The van der Waals surface area contributed by atoms with E-state index in [1.807, 2.05) is 0 Å². The number of halogens is 2. The van der Waals surface area contributed by atoms with Crippen molar-refractivity contribution in [2.45, 2.75) is 0 Å². The standard InChI is InChI=1S/C17H15Cl2NO5/c1-23-11-4-5-12(15(8-11)24-2)17(22)25-9-16(21)20-14-7-10(18)3-6-13(14)19/h3-8H,9H2,1-2H3,(H,20,21). The first-order valence-electron chi connectivity index (χ1n) is 7.08. The number of carbonyl (C=O) groups excluding carboxylic acids is 2. The fraction of sp³-hybridized carbons (Fsp3) is 0.176. The Bertz CT molecular complexity index is 795. The SMILES string of the molecule is COc1ccc(C(=O)OCC(=O)Nc2cc(Cl)ccc2Cl)c(OC)c1. The van der Waals surface area contributed by atoms with Gasteiger partial charge in [-0.2, -0.15) is 0 Å². The van der Waals surface area contributed by atoms with E-state index in [-0.39, 0.29) is 11.3 Å². The number of methoxy groups -OCH3 is 2. The van der Waals surface area contributed by atoms with Gasteiger partial charge in [0.05, 0.1) is 24.9 Å². The van der Waals surface area contributed by atoms with Crippen LogP contribution in [-0.4, -0.2) is 32.7 Å². The zero-order valence-corrected chi connectivity index (χ0v) is 15.0. The molecule has 1 N–H and O–H groups in total. The molecule has 2 aromatic rings. The molecule has 6 nitrogen and oxygen atoms in total. The molecule has 0 saturated carbocycles. The van der Waals surface area contributed by atoms with Crippen LogP contribution in [0, 0.1) is 0 Å². The van der Waals surface area contributed by atoms with E-state index in [1.54, 1.807) is 24.3 Å². The third kappa shape index (κ3) is 5.01. The van der Waals surface area contributed by atoms with Gasteiger partial charge >= 0.3 is 5.97 Å². The molecule has 0 fully saturated rings. The summed E-state index contributed by atoms with van der Waals surface area (Å²) in [6.45, 7) is -0.489. The number of rotatable bonds is 6. The van der Waals surface area contributed by atoms with Gasteiger partial charge in [0, 0.05) is 11.1 Å². The molecule has 0 radical (unpaired) electrons. The Labute approximate surface area is 154 Å². The van der Waals surface area contributed by atoms with Gasteiger partial charge in [-0.1, -0.05) is 23.2 Å². The highest BCUT2D eigenvalue weighted by Crippen LogP contribution is 2.26. The average molecular weight is 384 g/mol. The van der Waals surface area contributed by atoms with Crippen LogP contribution in [0.1, 0.15) is 10.4 Å². The van der Waals surface area contributed by atoms with Crippen LogP contribution < -0.4 is 14.8 Å². The molecular formula is C17H15Cl2NO5. The highest BCUT2D eigenvalue weighted by Gasteiger charge is 2.16. The van der Waals surface area contributed by atoms with Gasteiger partial charge < -0.3 is 19.5 Å². The van der Waals surface area contributed by atoms with Crippen LogP contribution in [0.2, 0.25) is 10.0 Å². The molecule has 0 aliphatic carbocycles. The summed E-state index contributed by atoms with van der Waals surface area (Å²) in [5.41, 5.74) is 0.508. The van der Waals surface area contributed by atoms with Crippen LogP contribution in [0.5, 0.6) is 11.5 Å².